The van der Waals surface area contributed by atoms with Crippen LogP contribution in [0.2, 0.25) is 0 Å². The van der Waals surface area contributed by atoms with Gasteiger partial charge in [-0.25, -0.2) is 9.78 Å². The number of esters is 1. The summed E-state index contributed by atoms with van der Waals surface area (Å²) in [7, 11) is 1.15. The summed E-state index contributed by atoms with van der Waals surface area (Å²) < 4.78 is 40.3. The summed E-state index contributed by atoms with van der Waals surface area (Å²) in [5.41, 5.74) is -4.41. The van der Waals surface area contributed by atoms with E-state index < -0.39 is 11.5 Å². The second-order valence-electron chi connectivity index (χ2n) is 3.47. The van der Waals surface area contributed by atoms with E-state index in [2.05, 4.69) is 15.0 Å². The van der Waals surface area contributed by atoms with Crippen molar-refractivity contribution in [3.05, 3.63) is 10.6 Å². The smallest absolute Gasteiger partial charge is 0.441 e. The molecule has 0 aliphatic carbocycles. The van der Waals surface area contributed by atoms with Crippen LogP contribution in [0, 0.1) is 0 Å². The van der Waals surface area contributed by atoms with Gasteiger partial charge in [0.15, 0.2) is 16.6 Å². The molecule has 0 aliphatic rings. The lowest BCUT2D eigenvalue weighted by Gasteiger charge is -2.05. The topological polar surface area (TPSA) is 68.3 Å². The molecule has 10 heteroatoms. The van der Waals surface area contributed by atoms with Crippen LogP contribution in [0.3, 0.4) is 0 Å². The number of thiazole rings is 1. The number of anilines is 1. The largest absolute Gasteiger partial charge is 0.464 e. The number of carbonyl (C=O) groups excluding carboxylic acids is 2. The Bertz CT molecular complexity index is 502. The van der Waals surface area contributed by atoms with E-state index >= 15 is 0 Å². The van der Waals surface area contributed by atoms with Gasteiger partial charge >= 0.3 is 11.5 Å². The minimum Gasteiger partial charge on any atom is -0.464 e. The van der Waals surface area contributed by atoms with Gasteiger partial charge in [0, 0.05) is 19.2 Å². The van der Waals surface area contributed by atoms with Crippen molar-refractivity contribution in [3.8, 4) is 0 Å². The van der Waals surface area contributed by atoms with Gasteiger partial charge in [0.1, 0.15) is 4.88 Å². The molecule has 0 bridgehead atoms. The van der Waals surface area contributed by atoms with Gasteiger partial charge in [-0.1, -0.05) is 11.3 Å². The van der Waals surface area contributed by atoms with E-state index in [1.807, 2.05) is 0 Å². The first-order valence-corrected chi connectivity index (χ1v) is 7.09. The highest BCUT2D eigenvalue weighted by atomic mass is 32.2. The summed E-state index contributed by atoms with van der Waals surface area (Å²) >= 11 is 0.743. The molecule has 0 atom stereocenters. The Labute approximate surface area is 120 Å². The van der Waals surface area contributed by atoms with Crippen LogP contribution in [0.5, 0.6) is 0 Å². The third kappa shape index (κ3) is 5.00. The van der Waals surface area contributed by atoms with Gasteiger partial charge in [-0.05, 0) is 11.8 Å². The molecule has 1 heterocycles. The molecule has 1 rings (SSSR count). The molecule has 0 saturated carbocycles. The summed E-state index contributed by atoms with van der Waals surface area (Å²) in [5.74, 6) is -1.32. The highest BCUT2D eigenvalue weighted by Gasteiger charge is 2.27. The third-order valence-electron chi connectivity index (χ3n) is 1.97. The van der Waals surface area contributed by atoms with Gasteiger partial charge < -0.3 is 10.1 Å². The van der Waals surface area contributed by atoms with Crippen LogP contribution in [-0.4, -0.2) is 41.7 Å². The van der Waals surface area contributed by atoms with E-state index in [1.165, 1.54) is 6.92 Å². The molecule has 0 fully saturated rings. The Kier molecular flexibility index (Phi) is 5.81. The molecule has 0 saturated heterocycles. The molecule has 1 N–H and O–H groups in total. The summed E-state index contributed by atoms with van der Waals surface area (Å²) in [5, 5.41) is 2.85. The minimum absolute atomic E-state index is 0.00957. The van der Waals surface area contributed by atoms with Gasteiger partial charge in [0.2, 0.25) is 0 Å². The Hall–Kier alpha value is -1.29. The van der Waals surface area contributed by atoms with E-state index in [0.717, 1.165) is 18.4 Å². The maximum atomic E-state index is 11.9. The third-order valence-corrected chi connectivity index (χ3v) is 3.82. The van der Waals surface area contributed by atoms with Gasteiger partial charge in [0.05, 0.1) is 7.11 Å². The van der Waals surface area contributed by atoms with Gasteiger partial charge in [-0.2, -0.15) is 13.2 Å². The Morgan fingerprint density at radius 2 is 2.10 bits per heavy atom. The predicted molar refractivity (Wildman–Crippen MR) is 70.5 cm³/mol. The standard InChI is InChI=1S/C10H11F3N2O3S2/c1-5(16)7-6(8(17)18-2)15-9(20-7)14-3-4-19-10(11,12)13/h3-4H2,1-2H3,(H,14,15). The molecule has 0 aliphatic heterocycles. The quantitative estimate of drug-likeness (QED) is 0.492. The van der Waals surface area contributed by atoms with E-state index in [1.54, 1.807) is 0 Å². The molecule has 0 amide bonds. The minimum atomic E-state index is -4.29. The zero-order chi connectivity index (χ0) is 15.3. The van der Waals surface area contributed by atoms with Crippen LogP contribution in [0.1, 0.15) is 27.1 Å². The summed E-state index contributed by atoms with van der Waals surface area (Å²) in [6, 6.07) is 0. The molecule has 0 aromatic carbocycles. The van der Waals surface area contributed by atoms with Crippen LogP contribution in [0.15, 0.2) is 0 Å². The average molecular weight is 328 g/mol. The number of hydrogen-bond acceptors (Lipinski definition) is 7. The summed E-state index contributed by atoms with van der Waals surface area (Å²) in [6.07, 6.45) is 0. The lowest BCUT2D eigenvalue weighted by molar-refractivity contribution is -0.0327. The number of nitrogens with zero attached hydrogens (tertiary/aromatic N) is 1. The lowest BCUT2D eigenvalue weighted by atomic mass is 10.3. The number of rotatable bonds is 6. The Balaban J connectivity index is 2.68. The molecule has 1 aromatic rings. The van der Waals surface area contributed by atoms with Crippen LogP contribution < -0.4 is 5.32 Å². The zero-order valence-corrected chi connectivity index (χ0v) is 12.2. The van der Waals surface area contributed by atoms with Gasteiger partial charge in [-0.15, -0.1) is 0 Å². The highest BCUT2D eigenvalue weighted by Crippen LogP contribution is 2.30. The van der Waals surface area contributed by atoms with Crippen LogP contribution in [-0.2, 0) is 4.74 Å². The van der Waals surface area contributed by atoms with Gasteiger partial charge in [-0.3, -0.25) is 4.79 Å². The zero-order valence-electron chi connectivity index (χ0n) is 10.5. The Morgan fingerprint density at radius 1 is 1.45 bits per heavy atom. The number of carbonyl (C=O) groups is 2. The maximum Gasteiger partial charge on any atom is 0.441 e. The molecule has 5 nitrogen and oxygen atoms in total. The molecule has 1 aromatic heterocycles. The van der Waals surface area contributed by atoms with Crippen molar-refractivity contribution in [2.24, 2.45) is 0 Å². The second-order valence-corrected chi connectivity index (χ2v) is 5.62. The van der Waals surface area contributed by atoms with Crippen LogP contribution in [0.25, 0.3) is 0 Å². The van der Waals surface area contributed by atoms with Crippen molar-refractivity contribution in [1.29, 1.82) is 0 Å². The second kappa shape index (κ2) is 6.93. The van der Waals surface area contributed by atoms with E-state index in [-0.39, 0.29) is 45.5 Å². The van der Waals surface area contributed by atoms with Crippen LogP contribution >= 0.6 is 23.1 Å². The molecular formula is C10H11F3N2O3S2. The van der Waals surface area contributed by atoms with Crippen molar-refractivity contribution < 1.29 is 27.5 Å². The van der Waals surface area contributed by atoms with Crippen molar-refractivity contribution >= 4 is 40.0 Å². The molecule has 0 radical (unpaired) electrons. The van der Waals surface area contributed by atoms with Crippen molar-refractivity contribution in [3.63, 3.8) is 0 Å². The molecular weight excluding hydrogens is 317 g/mol. The fourth-order valence-electron chi connectivity index (χ4n) is 1.19. The average Bonchev–Trinajstić information content (AvgIpc) is 2.77. The number of ketones is 1. The summed E-state index contributed by atoms with van der Waals surface area (Å²) in [6.45, 7) is 1.28. The SMILES string of the molecule is COC(=O)c1nc(NCCSC(F)(F)F)sc1C(C)=O. The molecule has 20 heavy (non-hydrogen) atoms. The lowest BCUT2D eigenvalue weighted by Crippen LogP contribution is -2.10. The number of halogens is 3. The first kappa shape index (κ1) is 16.8. The molecule has 112 valence electrons. The predicted octanol–water partition coefficient (Wildman–Crippen LogP) is 2.80. The van der Waals surface area contributed by atoms with E-state index in [9.17, 15) is 22.8 Å². The monoisotopic (exact) mass is 328 g/mol. The van der Waals surface area contributed by atoms with E-state index in [0.29, 0.717) is 0 Å². The molecule has 0 unspecified atom stereocenters. The number of methoxy groups -OCH3 is 1. The number of alkyl halides is 3. The normalized spacial score (nSPS) is 11.2. The first-order valence-electron chi connectivity index (χ1n) is 5.29. The molecule has 0 spiro atoms. The fraction of sp³-hybridized carbons (Fsp3) is 0.500. The van der Waals surface area contributed by atoms with Crippen molar-refractivity contribution in [1.82, 2.24) is 4.98 Å². The highest BCUT2D eigenvalue weighted by molar-refractivity contribution is 8.00. The van der Waals surface area contributed by atoms with Gasteiger partial charge in [0.25, 0.3) is 0 Å². The number of thioether (sulfide) groups is 1. The number of hydrogen-bond donors (Lipinski definition) is 1. The number of Topliss-reactive ketones (excluding diaryl/α,β-unsaturated/α-hetero) is 1. The Morgan fingerprint density at radius 3 is 2.60 bits per heavy atom. The first-order chi connectivity index (χ1) is 9.24. The van der Waals surface area contributed by atoms with Crippen molar-refractivity contribution in [2.75, 3.05) is 24.7 Å². The number of ether oxygens (including phenoxy) is 1. The van der Waals surface area contributed by atoms with Crippen molar-refractivity contribution in [2.45, 2.75) is 12.4 Å². The van der Waals surface area contributed by atoms with Crippen LogP contribution in [0.4, 0.5) is 18.3 Å². The maximum absolute atomic E-state index is 11.9. The van der Waals surface area contributed by atoms with E-state index in [4.69, 9.17) is 0 Å². The fourth-order valence-corrected chi connectivity index (χ4v) is 2.50. The number of aromatic nitrogens is 1. The summed E-state index contributed by atoms with van der Waals surface area (Å²) in [4.78, 5) is 26.7. The number of nitrogens with one attached hydrogen (secondary N) is 1.